The Hall–Kier alpha value is 0.0900. The monoisotopic (exact) mass is 321 g/mol. The zero-order chi connectivity index (χ0) is 14.6. The molecule has 0 aromatic heterocycles. The topological polar surface area (TPSA) is 38.8 Å². The second kappa shape index (κ2) is 11.7. The molecular weight excluding hydrogens is 294 g/mol. The van der Waals surface area contributed by atoms with Gasteiger partial charge >= 0.3 is 5.97 Å². The average molecular weight is 322 g/mol. The van der Waals surface area contributed by atoms with E-state index in [2.05, 4.69) is 30.2 Å². The van der Waals surface area contributed by atoms with Crippen LogP contribution in [-0.2, 0) is 14.3 Å². The molecule has 0 amide bonds. The summed E-state index contributed by atoms with van der Waals surface area (Å²) >= 11 is 8.65. The SMILES string of the molecule is O=C(CCCC[C@@H](S)CCS)OCCN1CCOCC1. The molecule has 0 radical (unpaired) electrons. The molecule has 1 fully saturated rings. The lowest BCUT2D eigenvalue weighted by Crippen LogP contribution is -2.38. The fourth-order valence-corrected chi connectivity index (χ4v) is 2.96. The lowest BCUT2D eigenvalue weighted by molar-refractivity contribution is -0.144. The second-order valence-corrected chi connectivity index (χ2v) is 6.26. The van der Waals surface area contributed by atoms with Gasteiger partial charge in [-0.2, -0.15) is 25.3 Å². The molecule has 6 heteroatoms. The smallest absolute Gasteiger partial charge is 0.305 e. The Morgan fingerprint density at radius 2 is 2.00 bits per heavy atom. The van der Waals surface area contributed by atoms with Gasteiger partial charge in [0.25, 0.3) is 0 Å². The van der Waals surface area contributed by atoms with Crippen molar-refractivity contribution in [1.82, 2.24) is 4.90 Å². The first-order valence-corrected chi connectivity index (χ1v) is 8.62. The Bertz CT molecular complexity index is 261. The summed E-state index contributed by atoms with van der Waals surface area (Å²) in [4.78, 5) is 13.8. The number of hydrogen-bond donors (Lipinski definition) is 2. The van der Waals surface area contributed by atoms with Gasteiger partial charge < -0.3 is 9.47 Å². The van der Waals surface area contributed by atoms with Crippen LogP contribution in [0.4, 0.5) is 0 Å². The maximum absolute atomic E-state index is 11.6. The molecule has 4 nitrogen and oxygen atoms in total. The van der Waals surface area contributed by atoms with Crippen molar-refractivity contribution >= 4 is 31.2 Å². The minimum atomic E-state index is -0.0804. The maximum Gasteiger partial charge on any atom is 0.305 e. The van der Waals surface area contributed by atoms with E-state index < -0.39 is 0 Å². The van der Waals surface area contributed by atoms with Crippen LogP contribution in [0.1, 0.15) is 32.1 Å². The van der Waals surface area contributed by atoms with E-state index in [-0.39, 0.29) is 5.97 Å². The van der Waals surface area contributed by atoms with Crippen LogP contribution in [0.5, 0.6) is 0 Å². The van der Waals surface area contributed by atoms with Gasteiger partial charge in [0.05, 0.1) is 13.2 Å². The van der Waals surface area contributed by atoms with Gasteiger partial charge in [0.15, 0.2) is 0 Å². The van der Waals surface area contributed by atoms with Crippen LogP contribution in [-0.4, -0.2) is 61.3 Å². The highest BCUT2D eigenvalue weighted by atomic mass is 32.1. The first kappa shape index (κ1) is 18.1. The van der Waals surface area contributed by atoms with Crippen LogP contribution >= 0.6 is 25.3 Å². The Kier molecular flexibility index (Phi) is 10.6. The van der Waals surface area contributed by atoms with Crippen molar-refractivity contribution in [2.75, 3.05) is 45.2 Å². The molecule has 0 aromatic carbocycles. The summed E-state index contributed by atoms with van der Waals surface area (Å²) in [6.45, 7) is 4.75. The summed E-state index contributed by atoms with van der Waals surface area (Å²) in [6, 6.07) is 0. The Labute approximate surface area is 133 Å². The first-order chi connectivity index (χ1) is 9.72. The van der Waals surface area contributed by atoms with E-state index >= 15 is 0 Å². The van der Waals surface area contributed by atoms with Gasteiger partial charge in [0, 0.05) is 31.3 Å². The van der Waals surface area contributed by atoms with E-state index in [1.54, 1.807) is 0 Å². The quantitative estimate of drug-likeness (QED) is 0.367. The van der Waals surface area contributed by atoms with Crippen molar-refractivity contribution in [2.45, 2.75) is 37.4 Å². The van der Waals surface area contributed by atoms with Crippen molar-refractivity contribution in [3.63, 3.8) is 0 Å². The number of morpholine rings is 1. The number of ether oxygens (including phenoxy) is 2. The molecule has 0 saturated carbocycles. The number of carbonyl (C=O) groups excluding carboxylic acids is 1. The standard InChI is InChI=1S/C14H27NO3S2/c16-14(4-2-1-3-13(20)5-12-19)18-11-8-15-6-9-17-10-7-15/h13,19-20H,1-12H2/t13-/m1/s1. The molecule has 0 unspecified atom stereocenters. The number of esters is 1. The number of nitrogens with zero attached hydrogens (tertiary/aromatic N) is 1. The average Bonchev–Trinajstić information content (AvgIpc) is 2.45. The molecule has 1 saturated heterocycles. The van der Waals surface area contributed by atoms with Gasteiger partial charge in [0.1, 0.15) is 6.61 Å². The molecule has 0 spiro atoms. The van der Waals surface area contributed by atoms with Crippen LogP contribution in [0.25, 0.3) is 0 Å². The van der Waals surface area contributed by atoms with E-state index in [1.165, 1.54) is 0 Å². The molecule has 0 N–H and O–H groups in total. The van der Waals surface area contributed by atoms with E-state index in [0.717, 1.165) is 64.3 Å². The molecular formula is C14H27NO3S2. The van der Waals surface area contributed by atoms with Crippen molar-refractivity contribution in [1.29, 1.82) is 0 Å². The van der Waals surface area contributed by atoms with Crippen LogP contribution in [0.15, 0.2) is 0 Å². The predicted octanol–water partition coefficient (Wildman–Crippen LogP) is 2.04. The van der Waals surface area contributed by atoms with E-state index in [9.17, 15) is 4.79 Å². The predicted molar refractivity (Wildman–Crippen MR) is 87.9 cm³/mol. The fourth-order valence-electron chi connectivity index (χ4n) is 2.13. The summed E-state index contributed by atoms with van der Waals surface area (Å²) < 4.78 is 10.5. The van der Waals surface area contributed by atoms with Crippen LogP contribution in [0.2, 0.25) is 0 Å². The summed E-state index contributed by atoms with van der Waals surface area (Å²) in [5, 5.41) is 0.407. The Morgan fingerprint density at radius 3 is 2.70 bits per heavy atom. The van der Waals surface area contributed by atoms with Gasteiger partial charge in [-0.3, -0.25) is 9.69 Å². The van der Waals surface area contributed by atoms with E-state index in [4.69, 9.17) is 9.47 Å². The highest BCUT2D eigenvalue weighted by Crippen LogP contribution is 2.12. The van der Waals surface area contributed by atoms with Crippen molar-refractivity contribution in [3.8, 4) is 0 Å². The van der Waals surface area contributed by atoms with Crippen molar-refractivity contribution in [3.05, 3.63) is 0 Å². The van der Waals surface area contributed by atoms with Gasteiger partial charge in [-0.1, -0.05) is 6.42 Å². The molecule has 1 atom stereocenters. The zero-order valence-corrected chi connectivity index (χ0v) is 13.9. The minimum absolute atomic E-state index is 0.0804. The highest BCUT2D eigenvalue weighted by Gasteiger charge is 2.11. The van der Waals surface area contributed by atoms with Crippen LogP contribution in [0.3, 0.4) is 0 Å². The summed E-state index contributed by atoms with van der Waals surface area (Å²) in [5.41, 5.74) is 0. The molecule has 1 rings (SSSR count). The Morgan fingerprint density at radius 1 is 1.25 bits per heavy atom. The Balaban J connectivity index is 1.92. The van der Waals surface area contributed by atoms with Gasteiger partial charge in [-0.25, -0.2) is 0 Å². The van der Waals surface area contributed by atoms with Crippen molar-refractivity contribution < 1.29 is 14.3 Å². The largest absolute Gasteiger partial charge is 0.464 e. The zero-order valence-electron chi connectivity index (χ0n) is 12.1. The summed E-state index contributed by atoms with van der Waals surface area (Å²) in [7, 11) is 0. The third-order valence-electron chi connectivity index (χ3n) is 3.40. The number of hydrogen-bond acceptors (Lipinski definition) is 6. The van der Waals surface area contributed by atoms with E-state index in [1.807, 2.05) is 0 Å². The normalized spacial score (nSPS) is 17.9. The molecule has 1 aliphatic heterocycles. The minimum Gasteiger partial charge on any atom is -0.464 e. The highest BCUT2D eigenvalue weighted by molar-refractivity contribution is 7.81. The maximum atomic E-state index is 11.6. The molecule has 0 aromatic rings. The third-order valence-corrected chi connectivity index (χ3v) is 4.18. The molecule has 118 valence electrons. The first-order valence-electron chi connectivity index (χ1n) is 7.47. The fraction of sp³-hybridized carbons (Fsp3) is 0.929. The molecule has 1 aliphatic rings. The second-order valence-electron chi connectivity index (χ2n) is 5.09. The van der Waals surface area contributed by atoms with E-state index in [0.29, 0.717) is 18.3 Å². The number of rotatable bonds is 10. The van der Waals surface area contributed by atoms with Crippen LogP contribution < -0.4 is 0 Å². The van der Waals surface area contributed by atoms with Gasteiger partial charge in [-0.15, -0.1) is 0 Å². The van der Waals surface area contributed by atoms with Crippen molar-refractivity contribution in [2.24, 2.45) is 0 Å². The number of thiol groups is 2. The number of unbranched alkanes of at least 4 members (excludes halogenated alkanes) is 1. The van der Waals surface area contributed by atoms with Gasteiger partial charge in [-0.05, 0) is 25.0 Å². The summed E-state index contributed by atoms with van der Waals surface area (Å²) in [5.74, 6) is 0.792. The molecule has 0 aliphatic carbocycles. The molecule has 20 heavy (non-hydrogen) atoms. The van der Waals surface area contributed by atoms with Gasteiger partial charge in [0.2, 0.25) is 0 Å². The summed E-state index contributed by atoms with van der Waals surface area (Å²) in [6.07, 6.45) is 4.51. The lowest BCUT2D eigenvalue weighted by atomic mass is 10.1. The third kappa shape index (κ3) is 9.10. The molecule has 0 bridgehead atoms. The lowest BCUT2D eigenvalue weighted by Gasteiger charge is -2.26. The molecule has 1 heterocycles. The van der Waals surface area contributed by atoms with Crippen LogP contribution in [0, 0.1) is 0 Å². The number of carbonyl (C=O) groups is 1.